The third-order valence-electron chi connectivity index (χ3n) is 3.71. The van der Waals surface area contributed by atoms with E-state index in [9.17, 15) is 9.59 Å². The molecule has 0 unspecified atom stereocenters. The van der Waals surface area contributed by atoms with E-state index in [1.165, 1.54) is 0 Å². The van der Waals surface area contributed by atoms with Gasteiger partial charge in [-0.15, -0.1) is 6.58 Å². The van der Waals surface area contributed by atoms with E-state index in [4.69, 9.17) is 5.11 Å². The van der Waals surface area contributed by atoms with Crippen molar-refractivity contribution >= 4 is 17.7 Å². The van der Waals surface area contributed by atoms with Crippen LogP contribution in [-0.4, -0.2) is 23.1 Å². The lowest BCUT2D eigenvalue weighted by Gasteiger charge is -2.32. The van der Waals surface area contributed by atoms with E-state index in [0.717, 1.165) is 24.1 Å². The molecule has 1 saturated carbocycles. The van der Waals surface area contributed by atoms with Gasteiger partial charge < -0.3 is 15.7 Å². The van der Waals surface area contributed by atoms with Gasteiger partial charge in [0.25, 0.3) is 0 Å². The van der Waals surface area contributed by atoms with Crippen LogP contribution in [0.2, 0.25) is 0 Å². The lowest BCUT2D eigenvalue weighted by Crippen LogP contribution is -2.48. The molecule has 0 radical (unpaired) electrons. The average molecular weight is 288 g/mol. The maximum Gasteiger partial charge on any atom is 0.319 e. The summed E-state index contributed by atoms with van der Waals surface area (Å²) in [5.41, 5.74) is 1.84. The molecule has 2 rings (SSSR count). The first-order valence-electron chi connectivity index (χ1n) is 7.09. The molecule has 0 aliphatic heterocycles. The van der Waals surface area contributed by atoms with Crippen molar-refractivity contribution in [3.63, 3.8) is 0 Å². The van der Waals surface area contributed by atoms with E-state index in [-0.39, 0.29) is 18.0 Å². The Hall–Kier alpha value is -2.30. The van der Waals surface area contributed by atoms with Gasteiger partial charge in [0.15, 0.2) is 0 Å². The maximum atomic E-state index is 11.9. The molecule has 0 spiro atoms. The maximum absolute atomic E-state index is 11.9. The molecule has 1 aliphatic rings. The molecule has 5 nitrogen and oxygen atoms in total. The summed E-state index contributed by atoms with van der Waals surface area (Å²) < 4.78 is 0. The highest BCUT2D eigenvalue weighted by Crippen LogP contribution is 2.27. The highest BCUT2D eigenvalue weighted by atomic mass is 16.4. The molecule has 0 bridgehead atoms. The summed E-state index contributed by atoms with van der Waals surface area (Å²) in [6, 6.07) is 7.31. The first-order chi connectivity index (χ1) is 10.1. The SMILES string of the molecule is C=CCCc1ccccc1NC(=O)NC1CC(C(=O)O)C1. The molecule has 1 aromatic rings. The number of carbonyl (C=O) groups excluding carboxylic acids is 1. The summed E-state index contributed by atoms with van der Waals surface area (Å²) in [5, 5.41) is 14.4. The van der Waals surface area contributed by atoms with Crippen LogP contribution in [0.3, 0.4) is 0 Å². The Bertz CT molecular complexity index is 536. The largest absolute Gasteiger partial charge is 0.481 e. The number of carbonyl (C=O) groups is 2. The minimum absolute atomic E-state index is 0.0496. The number of carboxylic acids is 1. The zero-order valence-corrected chi connectivity index (χ0v) is 11.8. The molecule has 1 aromatic carbocycles. The predicted molar refractivity (Wildman–Crippen MR) is 81.3 cm³/mol. The minimum atomic E-state index is -0.789. The standard InChI is InChI=1S/C16H20N2O3/c1-2-3-6-11-7-4-5-8-14(11)18-16(21)17-13-9-12(10-13)15(19)20/h2,4-5,7-8,12-13H,1,3,6,9-10H2,(H,19,20)(H2,17,18,21). The molecule has 0 atom stereocenters. The normalized spacial score (nSPS) is 20.2. The van der Waals surface area contributed by atoms with Crippen molar-refractivity contribution in [3.05, 3.63) is 42.5 Å². The van der Waals surface area contributed by atoms with Gasteiger partial charge in [0.05, 0.1) is 5.92 Å². The molecule has 21 heavy (non-hydrogen) atoms. The van der Waals surface area contributed by atoms with Gasteiger partial charge in [-0.3, -0.25) is 4.79 Å². The van der Waals surface area contributed by atoms with Crippen molar-refractivity contribution in [2.24, 2.45) is 5.92 Å². The summed E-state index contributed by atoms with van der Waals surface area (Å²) in [7, 11) is 0. The monoisotopic (exact) mass is 288 g/mol. The van der Waals surface area contributed by atoms with E-state index >= 15 is 0 Å². The van der Waals surface area contributed by atoms with Gasteiger partial charge in [0, 0.05) is 11.7 Å². The number of nitrogens with one attached hydrogen (secondary N) is 2. The molecule has 2 amide bonds. The van der Waals surface area contributed by atoms with Crippen molar-refractivity contribution < 1.29 is 14.7 Å². The van der Waals surface area contributed by atoms with Crippen LogP contribution in [0.25, 0.3) is 0 Å². The summed E-state index contributed by atoms with van der Waals surface area (Å²) in [6.07, 6.45) is 4.52. The Morgan fingerprint density at radius 3 is 2.71 bits per heavy atom. The van der Waals surface area contributed by atoms with E-state index in [1.807, 2.05) is 30.3 Å². The number of para-hydroxylation sites is 1. The number of amides is 2. The quantitative estimate of drug-likeness (QED) is 0.704. The fourth-order valence-corrected chi connectivity index (χ4v) is 2.40. The highest BCUT2D eigenvalue weighted by Gasteiger charge is 2.35. The van der Waals surface area contributed by atoms with Crippen molar-refractivity contribution in [3.8, 4) is 0 Å². The van der Waals surface area contributed by atoms with Crippen LogP contribution in [0.4, 0.5) is 10.5 Å². The van der Waals surface area contributed by atoms with Crippen molar-refractivity contribution in [2.45, 2.75) is 31.7 Å². The molecule has 5 heteroatoms. The highest BCUT2D eigenvalue weighted by molar-refractivity contribution is 5.90. The topological polar surface area (TPSA) is 78.4 Å². The molecule has 0 aromatic heterocycles. The van der Waals surface area contributed by atoms with Gasteiger partial charge in [-0.2, -0.15) is 0 Å². The number of benzene rings is 1. The number of aryl methyl sites for hydroxylation is 1. The Labute approximate surface area is 124 Å². The van der Waals surface area contributed by atoms with Crippen LogP contribution >= 0.6 is 0 Å². The van der Waals surface area contributed by atoms with Gasteiger partial charge in [0.2, 0.25) is 0 Å². The average Bonchev–Trinajstić information content (AvgIpc) is 2.41. The molecule has 0 saturated heterocycles. The molecule has 112 valence electrons. The molecule has 1 aliphatic carbocycles. The van der Waals surface area contributed by atoms with E-state index in [0.29, 0.717) is 12.8 Å². The third kappa shape index (κ3) is 4.08. The van der Waals surface area contributed by atoms with E-state index in [1.54, 1.807) is 0 Å². The number of hydrogen-bond acceptors (Lipinski definition) is 2. The Morgan fingerprint density at radius 1 is 1.33 bits per heavy atom. The number of anilines is 1. The van der Waals surface area contributed by atoms with E-state index < -0.39 is 5.97 Å². The smallest absolute Gasteiger partial charge is 0.319 e. The number of allylic oxidation sites excluding steroid dienone is 1. The Morgan fingerprint density at radius 2 is 2.05 bits per heavy atom. The zero-order chi connectivity index (χ0) is 15.2. The first-order valence-corrected chi connectivity index (χ1v) is 7.09. The first kappa shape index (κ1) is 15.1. The van der Waals surface area contributed by atoms with Gasteiger partial charge in [-0.05, 0) is 37.3 Å². The summed E-state index contributed by atoms with van der Waals surface area (Å²) in [6.45, 7) is 3.70. The molecule has 0 heterocycles. The second kappa shape index (κ2) is 6.92. The predicted octanol–water partition coefficient (Wildman–Crippen LogP) is 2.79. The van der Waals surface area contributed by atoms with Crippen molar-refractivity contribution in [1.29, 1.82) is 0 Å². The van der Waals surface area contributed by atoms with Crippen LogP contribution in [0.5, 0.6) is 0 Å². The second-order valence-electron chi connectivity index (χ2n) is 5.29. The number of carboxylic acid groups (broad SMARTS) is 1. The van der Waals surface area contributed by atoms with Gasteiger partial charge in [-0.1, -0.05) is 24.3 Å². The molecular formula is C16H20N2O3. The van der Waals surface area contributed by atoms with E-state index in [2.05, 4.69) is 17.2 Å². The van der Waals surface area contributed by atoms with Crippen LogP contribution in [0, 0.1) is 5.92 Å². The summed E-state index contributed by atoms with van der Waals surface area (Å²) >= 11 is 0. The Balaban J connectivity index is 1.85. The number of aliphatic carboxylic acids is 1. The zero-order valence-electron chi connectivity index (χ0n) is 11.8. The van der Waals surface area contributed by atoms with Crippen LogP contribution in [0.15, 0.2) is 36.9 Å². The van der Waals surface area contributed by atoms with Gasteiger partial charge >= 0.3 is 12.0 Å². The lowest BCUT2D eigenvalue weighted by atomic mass is 9.80. The third-order valence-corrected chi connectivity index (χ3v) is 3.71. The number of rotatable bonds is 6. The van der Waals surface area contributed by atoms with Crippen LogP contribution in [0.1, 0.15) is 24.8 Å². The Kier molecular flexibility index (Phi) is 4.98. The summed E-state index contributed by atoms with van der Waals surface area (Å²) in [5.74, 6) is -1.11. The second-order valence-corrected chi connectivity index (χ2v) is 5.29. The fourth-order valence-electron chi connectivity index (χ4n) is 2.40. The van der Waals surface area contributed by atoms with Crippen molar-refractivity contribution in [2.75, 3.05) is 5.32 Å². The van der Waals surface area contributed by atoms with Crippen LogP contribution < -0.4 is 10.6 Å². The number of urea groups is 1. The van der Waals surface area contributed by atoms with Gasteiger partial charge in [0.1, 0.15) is 0 Å². The molecular weight excluding hydrogens is 268 g/mol. The molecule has 1 fully saturated rings. The molecule has 3 N–H and O–H groups in total. The number of hydrogen-bond donors (Lipinski definition) is 3. The van der Waals surface area contributed by atoms with Crippen molar-refractivity contribution in [1.82, 2.24) is 5.32 Å². The van der Waals surface area contributed by atoms with Crippen LogP contribution in [-0.2, 0) is 11.2 Å². The lowest BCUT2D eigenvalue weighted by molar-refractivity contribution is -0.145. The fraction of sp³-hybridized carbons (Fsp3) is 0.375. The minimum Gasteiger partial charge on any atom is -0.481 e. The summed E-state index contributed by atoms with van der Waals surface area (Å²) in [4.78, 5) is 22.6. The van der Waals surface area contributed by atoms with Gasteiger partial charge in [-0.25, -0.2) is 4.79 Å².